The molecule has 3 aromatic rings. The molecule has 0 saturated carbocycles. The zero-order chi connectivity index (χ0) is 21.3. The lowest BCUT2D eigenvalue weighted by molar-refractivity contribution is 0.0699. The fourth-order valence-corrected chi connectivity index (χ4v) is 5.63. The molecule has 2 N–H and O–H groups in total. The van der Waals surface area contributed by atoms with Crippen molar-refractivity contribution in [2.24, 2.45) is 0 Å². The second-order valence-corrected chi connectivity index (χ2v) is 9.44. The fraction of sp³-hybridized carbons (Fsp3) is 0.0526. The summed E-state index contributed by atoms with van der Waals surface area (Å²) in [4.78, 5) is 25.4. The largest absolute Gasteiger partial charge is 0.495 e. The van der Waals surface area contributed by atoms with Crippen molar-refractivity contribution in [2.75, 3.05) is 12.4 Å². The second-order valence-electron chi connectivity index (χ2n) is 5.68. The van der Waals surface area contributed by atoms with E-state index in [1.807, 2.05) is 0 Å². The summed E-state index contributed by atoms with van der Waals surface area (Å²) in [5.41, 5.74) is 1.23. The van der Waals surface area contributed by atoms with Crippen molar-refractivity contribution in [2.45, 2.75) is 0 Å². The maximum absolute atomic E-state index is 12.9. The quantitative estimate of drug-likeness (QED) is 0.292. The van der Waals surface area contributed by atoms with Crippen LogP contribution in [0.25, 0.3) is 10.4 Å². The summed E-state index contributed by atoms with van der Waals surface area (Å²) in [7, 11) is 1.52. The first-order valence-corrected chi connectivity index (χ1v) is 11.5. The van der Waals surface area contributed by atoms with Gasteiger partial charge in [-0.1, -0.05) is 23.7 Å². The molecule has 150 valence electrons. The second kappa shape index (κ2) is 9.18. The first-order chi connectivity index (χ1) is 13.7. The van der Waals surface area contributed by atoms with Crippen molar-refractivity contribution in [3.05, 3.63) is 65.3 Å². The normalized spacial score (nSPS) is 10.7. The van der Waals surface area contributed by atoms with Gasteiger partial charge in [-0.05, 0) is 71.6 Å². The number of benzene rings is 2. The Hall–Kier alpha value is -1.39. The van der Waals surface area contributed by atoms with Gasteiger partial charge in [-0.2, -0.15) is 0 Å². The highest BCUT2D eigenvalue weighted by Crippen LogP contribution is 2.41. The number of nitrogens with one attached hydrogen (secondary N) is 1. The van der Waals surface area contributed by atoms with Gasteiger partial charge in [-0.25, -0.2) is 4.79 Å². The van der Waals surface area contributed by atoms with Gasteiger partial charge in [0.15, 0.2) is 0 Å². The zero-order valence-corrected chi connectivity index (χ0v) is 20.9. The van der Waals surface area contributed by atoms with Crippen LogP contribution < -0.4 is 10.1 Å². The van der Waals surface area contributed by atoms with Crippen LogP contribution in [-0.2, 0) is 0 Å². The number of carboxylic acid groups (broad SMARTS) is 1. The molecule has 0 aliphatic carbocycles. The maximum Gasteiger partial charge on any atom is 0.339 e. The van der Waals surface area contributed by atoms with Crippen molar-refractivity contribution in [1.29, 1.82) is 0 Å². The number of halogens is 4. The van der Waals surface area contributed by atoms with Crippen LogP contribution in [0.4, 0.5) is 5.69 Å². The first-order valence-electron chi connectivity index (χ1n) is 7.88. The summed E-state index contributed by atoms with van der Waals surface area (Å²) >= 11 is 17.3. The minimum atomic E-state index is -1.14. The van der Waals surface area contributed by atoms with Gasteiger partial charge in [0.25, 0.3) is 5.91 Å². The van der Waals surface area contributed by atoms with E-state index in [2.05, 4.69) is 53.1 Å². The Bertz CT molecular complexity index is 1120. The highest BCUT2D eigenvalue weighted by molar-refractivity contribution is 9.13. The van der Waals surface area contributed by atoms with Gasteiger partial charge in [0.1, 0.15) is 11.3 Å². The molecule has 10 heteroatoms. The van der Waals surface area contributed by atoms with Crippen LogP contribution >= 0.6 is 70.7 Å². The Labute approximate surface area is 200 Å². The van der Waals surface area contributed by atoms with E-state index in [0.29, 0.717) is 40.2 Å². The van der Waals surface area contributed by atoms with Crippen LogP contribution in [0.3, 0.4) is 0 Å². The number of aromatic carboxylic acids is 1. The van der Waals surface area contributed by atoms with Crippen LogP contribution in [0.2, 0.25) is 5.02 Å². The average molecular weight is 625 g/mol. The molecule has 3 rings (SSSR count). The Balaban J connectivity index is 2.01. The topological polar surface area (TPSA) is 75.6 Å². The molecule has 1 aromatic heterocycles. The highest BCUT2D eigenvalue weighted by Gasteiger charge is 2.24. The molecule has 0 radical (unpaired) electrons. The molecule has 1 heterocycles. The molecule has 0 saturated heterocycles. The van der Waals surface area contributed by atoms with Gasteiger partial charge in [0.2, 0.25) is 0 Å². The standard InChI is InChI=1S/C19H11Br3ClNO4S/c1-28-12-6-10(20)13(16(22)15(12)21)18(25)24-11-7-29-17(14(11)19(26)27)8-2-4-9(23)5-3-8/h2-7H,1H3,(H,24,25)(H,26,27). The number of carbonyl (C=O) groups excluding carboxylic acids is 1. The number of hydrogen-bond donors (Lipinski definition) is 2. The van der Waals surface area contributed by atoms with Crippen molar-refractivity contribution in [3.8, 4) is 16.2 Å². The minimum absolute atomic E-state index is 0.0190. The van der Waals surface area contributed by atoms with E-state index in [1.54, 1.807) is 35.7 Å². The van der Waals surface area contributed by atoms with Gasteiger partial charge in [-0.15, -0.1) is 11.3 Å². The molecule has 2 aromatic carbocycles. The fourth-order valence-electron chi connectivity index (χ4n) is 2.59. The number of hydrogen-bond acceptors (Lipinski definition) is 4. The summed E-state index contributed by atoms with van der Waals surface area (Å²) in [5, 5.41) is 14.6. The number of amides is 1. The van der Waals surface area contributed by atoms with Gasteiger partial charge in [-0.3, -0.25) is 4.79 Å². The monoisotopic (exact) mass is 621 g/mol. The van der Waals surface area contributed by atoms with E-state index >= 15 is 0 Å². The van der Waals surface area contributed by atoms with Crippen molar-refractivity contribution in [3.63, 3.8) is 0 Å². The molecule has 0 spiro atoms. The predicted octanol–water partition coefficient (Wildman–Crippen LogP) is 7.32. The number of thiophene rings is 1. The molecular weight excluding hydrogens is 613 g/mol. The first kappa shape index (κ1) is 22.3. The lowest BCUT2D eigenvalue weighted by atomic mass is 10.1. The number of carboxylic acids is 1. The van der Waals surface area contributed by atoms with Crippen LogP contribution in [0.5, 0.6) is 5.75 Å². The van der Waals surface area contributed by atoms with Crippen molar-refractivity contribution < 1.29 is 19.4 Å². The summed E-state index contributed by atoms with van der Waals surface area (Å²) in [6.07, 6.45) is 0. The number of anilines is 1. The van der Waals surface area contributed by atoms with Gasteiger partial charge in [0, 0.05) is 19.3 Å². The Morgan fingerprint density at radius 1 is 1.10 bits per heavy atom. The third-order valence-electron chi connectivity index (χ3n) is 3.93. The molecule has 0 fully saturated rings. The van der Waals surface area contributed by atoms with E-state index in [4.69, 9.17) is 16.3 Å². The van der Waals surface area contributed by atoms with Gasteiger partial charge in [0.05, 0.1) is 27.7 Å². The molecule has 0 aliphatic heterocycles. The summed E-state index contributed by atoms with van der Waals surface area (Å²) in [5.74, 6) is -1.08. The highest BCUT2D eigenvalue weighted by atomic mass is 79.9. The molecule has 0 atom stereocenters. The van der Waals surface area contributed by atoms with Gasteiger partial charge >= 0.3 is 5.97 Å². The molecule has 0 bridgehead atoms. The summed E-state index contributed by atoms with van der Waals surface area (Å²) in [6.45, 7) is 0. The summed E-state index contributed by atoms with van der Waals surface area (Å²) < 4.78 is 6.79. The Kier molecular flexibility index (Phi) is 7.06. The number of methoxy groups -OCH3 is 1. The Morgan fingerprint density at radius 2 is 1.76 bits per heavy atom. The SMILES string of the molecule is COc1cc(Br)c(C(=O)Nc2csc(-c3ccc(Cl)cc3)c2C(=O)O)c(Br)c1Br. The zero-order valence-electron chi connectivity index (χ0n) is 14.6. The van der Waals surface area contributed by atoms with E-state index in [1.165, 1.54) is 18.4 Å². The van der Waals surface area contributed by atoms with Gasteiger partial charge < -0.3 is 15.2 Å². The predicted molar refractivity (Wildman–Crippen MR) is 126 cm³/mol. The molecule has 0 aliphatic rings. The van der Waals surface area contributed by atoms with Crippen LogP contribution in [0, 0.1) is 0 Å². The van der Waals surface area contributed by atoms with E-state index in [9.17, 15) is 14.7 Å². The van der Waals surface area contributed by atoms with Crippen LogP contribution in [0.15, 0.2) is 49.1 Å². The number of carbonyl (C=O) groups is 2. The lowest BCUT2D eigenvalue weighted by Gasteiger charge is -2.13. The van der Waals surface area contributed by atoms with Crippen LogP contribution in [0.1, 0.15) is 20.7 Å². The van der Waals surface area contributed by atoms with Crippen molar-refractivity contribution in [1.82, 2.24) is 0 Å². The number of rotatable bonds is 5. The summed E-state index contributed by atoms with van der Waals surface area (Å²) in [6, 6.07) is 8.49. The van der Waals surface area contributed by atoms with E-state index in [0.717, 1.165) is 0 Å². The van der Waals surface area contributed by atoms with Crippen LogP contribution in [-0.4, -0.2) is 24.1 Å². The molecule has 29 heavy (non-hydrogen) atoms. The molecule has 0 unspecified atom stereocenters. The minimum Gasteiger partial charge on any atom is -0.495 e. The van der Waals surface area contributed by atoms with E-state index in [-0.39, 0.29) is 11.3 Å². The third-order valence-corrected chi connectivity index (χ3v) is 7.95. The maximum atomic E-state index is 12.9. The number of ether oxygens (including phenoxy) is 1. The van der Waals surface area contributed by atoms with Crippen molar-refractivity contribution >= 4 is 88.3 Å². The van der Waals surface area contributed by atoms with E-state index < -0.39 is 11.9 Å². The molecular formula is C19H11Br3ClNO4S. The lowest BCUT2D eigenvalue weighted by Crippen LogP contribution is -2.15. The average Bonchev–Trinajstić information content (AvgIpc) is 3.09. The third kappa shape index (κ3) is 4.54. The molecule has 1 amide bonds. The Morgan fingerprint density at radius 3 is 2.34 bits per heavy atom. The smallest absolute Gasteiger partial charge is 0.339 e. The molecule has 5 nitrogen and oxygen atoms in total.